The molecule has 3 aromatic carbocycles. The van der Waals surface area contributed by atoms with E-state index in [0.29, 0.717) is 37.2 Å². The summed E-state index contributed by atoms with van der Waals surface area (Å²) >= 11 is 0. The molecular weight excluding hydrogens is 468 g/mol. The second kappa shape index (κ2) is 9.74. The SMILES string of the molecule is [2H]C(C)(C)c1cc[n+](C)c(-c2c(C)ccc3c2oc2c(-c4ccc(C5([2H])CCOCC5)cc4)c(C#N)ccc23)c1. The Hall–Kier alpha value is -3.94. The zero-order chi connectivity index (χ0) is 28.2. The molecule has 0 spiro atoms. The van der Waals surface area contributed by atoms with Gasteiger partial charge in [-0.05, 0) is 65.9 Å². The zero-order valence-electron chi connectivity index (χ0n) is 24.4. The summed E-state index contributed by atoms with van der Waals surface area (Å²) < 4.78 is 31.8. The third-order valence-corrected chi connectivity index (χ3v) is 7.80. The summed E-state index contributed by atoms with van der Waals surface area (Å²) in [6, 6.07) is 22.5. The van der Waals surface area contributed by atoms with E-state index in [4.69, 9.17) is 11.9 Å². The Bertz CT molecular complexity index is 1800. The fourth-order valence-electron chi connectivity index (χ4n) is 5.61. The maximum atomic E-state index is 10.1. The number of nitrogens with zero attached hydrogens (tertiary/aromatic N) is 2. The highest BCUT2D eigenvalue weighted by Gasteiger charge is 2.24. The van der Waals surface area contributed by atoms with Gasteiger partial charge in [0.05, 0.1) is 17.2 Å². The van der Waals surface area contributed by atoms with Crippen LogP contribution in [0, 0.1) is 18.3 Å². The summed E-state index contributed by atoms with van der Waals surface area (Å²) in [5.41, 5.74) is 8.59. The number of hydrogen-bond acceptors (Lipinski definition) is 3. The fraction of sp³-hybridized carbons (Fsp3) is 0.294. The topological polar surface area (TPSA) is 50.0 Å². The molecule has 0 aliphatic carbocycles. The molecule has 4 nitrogen and oxygen atoms in total. The minimum atomic E-state index is -0.734. The lowest BCUT2D eigenvalue weighted by atomic mass is 9.89. The van der Waals surface area contributed by atoms with Gasteiger partial charge in [-0.3, -0.25) is 0 Å². The van der Waals surface area contributed by atoms with Crippen molar-refractivity contribution in [2.24, 2.45) is 7.05 Å². The molecule has 6 rings (SSSR count). The van der Waals surface area contributed by atoms with E-state index in [2.05, 4.69) is 35.8 Å². The van der Waals surface area contributed by atoms with Crippen molar-refractivity contribution >= 4 is 21.9 Å². The summed E-state index contributed by atoms with van der Waals surface area (Å²) in [6.45, 7) is 7.07. The zero-order valence-corrected chi connectivity index (χ0v) is 22.4. The predicted molar refractivity (Wildman–Crippen MR) is 152 cm³/mol. The molecule has 1 saturated heterocycles. The highest BCUT2D eigenvalue weighted by molar-refractivity contribution is 6.14. The maximum absolute atomic E-state index is 10.1. The van der Waals surface area contributed by atoms with Crippen molar-refractivity contribution in [1.29, 1.82) is 5.26 Å². The van der Waals surface area contributed by atoms with Crippen LogP contribution in [0.3, 0.4) is 0 Å². The summed E-state index contributed by atoms with van der Waals surface area (Å²) in [5, 5.41) is 12.0. The molecule has 4 heteroatoms. The summed E-state index contributed by atoms with van der Waals surface area (Å²) in [4.78, 5) is 0. The van der Waals surface area contributed by atoms with Crippen molar-refractivity contribution in [3.63, 3.8) is 0 Å². The molecule has 0 N–H and O–H groups in total. The summed E-state index contributed by atoms with van der Waals surface area (Å²) in [6.07, 6.45) is 3.35. The largest absolute Gasteiger partial charge is 0.454 e. The van der Waals surface area contributed by atoms with Crippen molar-refractivity contribution < 1.29 is 16.5 Å². The van der Waals surface area contributed by atoms with E-state index in [0.717, 1.165) is 55.4 Å². The molecule has 0 amide bonds. The number of furan rings is 1. The number of rotatable bonds is 4. The Morgan fingerprint density at radius 2 is 1.66 bits per heavy atom. The molecule has 1 aliphatic rings. The Labute approximate surface area is 226 Å². The van der Waals surface area contributed by atoms with Gasteiger partial charge in [0.25, 0.3) is 0 Å². The molecule has 0 unspecified atom stereocenters. The van der Waals surface area contributed by atoms with Gasteiger partial charge in [0, 0.05) is 44.4 Å². The minimum absolute atomic E-state index is 0.549. The van der Waals surface area contributed by atoms with Crippen LogP contribution in [0.25, 0.3) is 44.3 Å². The first kappa shape index (κ1) is 22.1. The Morgan fingerprint density at radius 3 is 2.34 bits per heavy atom. The van der Waals surface area contributed by atoms with Crippen LogP contribution in [0.1, 0.15) is 63.5 Å². The smallest absolute Gasteiger partial charge is 0.216 e. The molecule has 5 aromatic rings. The van der Waals surface area contributed by atoms with Crippen LogP contribution < -0.4 is 4.57 Å². The molecule has 1 aliphatic heterocycles. The van der Waals surface area contributed by atoms with Crippen molar-refractivity contribution in [2.75, 3.05) is 13.2 Å². The molecule has 190 valence electrons. The van der Waals surface area contributed by atoms with Gasteiger partial charge in [-0.2, -0.15) is 5.26 Å². The molecule has 38 heavy (non-hydrogen) atoms. The lowest BCUT2D eigenvalue weighted by molar-refractivity contribution is -0.660. The predicted octanol–water partition coefficient (Wildman–Crippen LogP) is 7.94. The first-order valence-electron chi connectivity index (χ1n) is 14.2. The van der Waals surface area contributed by atoms with Gasteiger partial charge < -0.3 is 9.15 Å². The van der Waals surface area contributed by atoms with Crippen molar-refractivity contribution in [1.82, 2.24) is 0 Å². The van der Waals surface area contributed by atoms with Crippen LogP contribution in [0.15, 0.2) is 71.3 Å². The van der Waals surface area contributed by atoms with Gasteiger partial charge in [0.2, 0.25) is 5.69 Å². The van der Waals surface area contributed by atoms with E-state index in [9.17, 15) is 5.26 Å². The molecule has 2 aromatic heterocycles. The molecule has 1 fully saturated rings. The third-order valence-electron chi connectivity index (χ3n) is 7.80. The monoisotopic (exact) mass is 503 g/mol. The molecule has 0 bridgehead atoms. The molecule has 0 atom stereocenters. The number of pyridine rings is 1. The van der Waals surface area contributed by atoms with Gasteiger partial charge >= 0.3 is 0 Å². The van der Waals surface area contributed by atoms with E-state index < -0.39 is 11.8 Å². The molecular formula is C34H33N2O2+. The summed E-state index contributed by atoms with van der Waals surface area (Å²) in [5.74, 6) is -1.38. The quantitative estimate of drug-likeness (QED) is 0.234. The molecule has 0 radical (unpaired) electrons. The van der Waals surface area contributed by atoms with Crippen LogP contribution in [-0.2, 0) is 11.8 Å². The van der Waals surface area contributed by atoms with Gasteiger partial charge in [0.15, 0.2) is 6.20 Å². The lowest BCUT2D eigenvalue weighted by Gasteiger charge is -2.22. The van der Waals surface area contributed by atoms with E-state index in [1.807, 2.05) is 69.6 Å². The van der Waals surface area contributed by atoms with Crippen LogP contribution in [0.4, 0.5) is 0 Å². The number of benzene rings is 3. The molecule has 0 saturated carbocycles. The molecule has 3 heterocycles. The van der Waals surface area contributed by atoms with E-state index in [1.54, 1.807) is 0 Å². The average molecular weight is 504 g/mol. The highest BCUT2D eigenvalue weighted by atomic mass is 16.5. The van der Waals surface area contributed by atoms with E-state index in [1.165, 1.54) is 0 Å². The van der Waals surface area contributed by atoms with E-state index >= 15 is 0 Å². The second-order valence-corrected chi connectivity index (χ2v) is 10.4. The van der Waals surface area contributed by atoms with Crippen LogP contribution in [0.5, 0.6) is 0 Å². The average Bonchev–Trinajstić information content (AvgIpc) is 3.31. The van der Waals surface area contributed by atoms with Crippen LogP contribution >= 0.6 is 0 Å². The van der Waals surface area contributed by atoms with Crippen molar-refractivity contribution in [2.45, 2.75) is 45.4 Å². The minimum Gasteiger partial charge on any atom is -0.454 e. The number of hydrogen-bond donors (Lipinski definition) is 0. The first-order valence-corrected chi connectivity index (χ1v) is 13.2. The third kappa shape index (κ3) is 4.08. The number of ether oxygens (including phenoxy) is 1. The fourth-order valence-corrected chi connectivity index (χ4v) is 5.61. The van der Waals surface area contributed by atoms with Crippen LogP contribution in [-0.4, -0.2) is 13.2 Å². The maximum Gasteiger partial charge on any atom is 0.216 e. The van der Waals surface area contributed by atoms with Gasteiger partial charge in [-0.25, -0.2) is 4.57 Å². The number of aromatic nitrogens is 1. The summed E-state index contributed by atoms with van der Waals surface area (Å²) in [7, 11) is 2.01. The Kier molecular flexibility index (Phi) is 5.66. The number of fused-ring (bicyclic) bond motifs is 3. The van der Waals surface area contributed by atoms with Crippen molar-refractivity contribution in [3.8, 4) is 28.5 Å². The lowest BCUT2D eigenvalue weighted by Crippen LogP contribution is -2.31. The van der Waals surface area contributed by atoms with Gasteiger partial charge in [-0.15, -0.1) is 0 Å². The number of nitriles is 1. The number of aryl methyl sites for hydroxylation is 2. The van der Waals surface area contributed by atoms with Crippen molar-refractivity contribution in [3.05, 3.63) is 89.1 Å². The first-order chi connectivity index (χ1) is 19.1. The van der Waals surface area contributed by atoms with E-state index in [-0.39, 0.29) is 0 Å². The van der Waals surface area contributed by atoms with Crippen LogP contribution in [0.2, 0.25) is 0 Å². The standard InChI is InChI=1S/C34H33N2O2/c1-21(2)26-13-16-36(4)30(19-26)31-22(3)5-11-28-29-12-10-27(20-35)32(34(29)38-33(28)31)25-8-6-23(7-9-25)24-14-17-37-18-15-24/h5-13,16,19,21,24H,14-15,17-18H2,1-4H3/q+1/i21D,24D. The Morgan fingerprint density at radius 1 is 0.974 bits per heavy atom. The normalized spacial score (nSPS) is 16.3. The van der Waals surface area contributed by atoms with Gasteiger partial charge in [0.1, 0.15) is 18.2 Å². The Balaban J connectivity index is 1.57. The second-order valence-electron chi connectivity index (χ2n) is 10.4. The van der Waals surface area contributed by atoms with Gasteiger partial charge in [-0.1, -0.05) is 50.2 Å². The highest BCUT2D eigenvalue weighted by Crippen LogP contribution is 2.42.